The van der Waals surface area contributed by atoms with E-state index in [1.54, 1.807) is 6.92 Å². The Balaban J connectivity index is 2.08. The van der Waals surface area contributed by atoms with Crippen molar-refractivity contribution in [3.05, 3.63) is 30.3 Å². The van der Waals surface area contributed by atoms with Crippen LogP contribution in [-0.4, -0.2) is 30.5 Å². The van der Waals surface area contributed by atoms with Crippen LogP contribution in [0, 0.1) is 0 Å². The highest BCUT2D eigenvalue weighted by atomic mass is 16.5. The van der Waals surface area contributed by atoms with E-state index in [4.69, 9.17) is 14.6 Å². The van der Waals surface area contributed by atoms with Gasteiger partial charge in [-0.25, -0.2) is 0 Å². The number of ether oxygens (including phenoxy) is 2. The van der Waals surface area contributed by atoms with Crippen LogP contribution >= 0.6 is 0 Å². The van der Waals surface area contributed by atoms with E-state index in [2.05, 4.69) is 0 Å². The monoisotopic (exact) mass is 224 g/mol. The summed E-state index contributed by atoms with van der Waals surface area (Å²) in [5, 5.41) is 9.15. The summed E-state index contributed by atoms with van der Waals surface area (Å²) in [6.45, 7) is 4.80. The van der Waals surface area contributed by atoms with Crippen molar-refractivity contribution in [2.24, 2.45) is 0 Å². The minimum Gasteiger partial charge on any atom is -0.491 e. The number of rotatable bonds is 7. The predicted octanol–water partition coefficient (Wildman–Crippen LogP) is 2.24. The molecule has 0 saturated carbocycles. The molecule has 1 rings (SSSR count). The number of hydrogen-bond donors (Lipinski definition) is 1. The fourth-order valence-corrected chi connectivity index (χ4v) is 1.47. The SMILES string of the molecule is CC(O)CC(C)OCCOc1ccccc1. The topological polar surface area (TPSA) is 38.7 Å². The molecule has 16 heavy (non-hydrogen) atoms. The van der Waals surface area contributed by atoms with E-state index in [-0.39, 0.29) is 12.2 Å². The molecule has 1 aromatic carbocycles. The molecule has 0 radical (unpaired) electrons. The van der Waals surface area contributed by atoms with Crippen molar-refractivity contribution < 1.29 is 14.6 Å². The van der Waals surface area contributed by atoms with Gasteiger partial charge in [-0.2, -0.15) is 0 Å². The minimum absolute atomic E-state index is 0.0689. The Labute approximate surface area is 97.0 Å². The van der Waals surface area contributed by atoms with Gasteiger partial charge < -0.3 is 14.6 Å². The zero-order valence-corrected chi connectivity index (χ0v) is 9.93. The van der Waals surface area contributed by atoms with Crippen molar-refractivity contribution in [3.63, 3.8) is 0 Å². The molecule has 0 bridgehead atoms. The number of aliphatic hydroxyl groups is 1. The van der Waals surface area contributed by atoms with Gasteiger partial charge >= 0.3 is 0 Å². The van der Waals surface area contributed by atoms with Crippen LogP contribution in [0.1, 0.15) is 20.3 Å². The van der Waals surface area contributed by atoms with E-state index in [1.807, 2.05) is 37.3 Å². The van der Waals surface area contributed by atoms with E-state index in [0.29, 0.717) is 19.6 Å². The first-order chi connectivity index (χ1) is 7.68. The molecule has 0 spiro atoms. The maximum absolute atomic E-state index is 9.15. The average Bonchev–Trinajstić information content (AvgIpc) is 2.25. The minimum atomic E-state index is -0.315. The van der Waals surface area contributed by atoms with Crippen LogP contribution in [0.2, 0.25) is 0 Å². The molecular formula is C13H20O3. The van der Waals surface area contributed by atoms with Crippen LogP contribution < -0.4 is 4.74 Å². The summed E-state index contributed by atoms with van der Waals surface area (Å²) in [7, 11) is 0. The van der Waals surface area contributed by atoms with Gasteiger partial charge in [-0.3, -0.25) is 0 Å². The van der Waals surface area contributed by atoms with Crippen LogP contribution in [0.5, 0.6) is 5.75 Å². The Bertz CT molecular complexity index is 272. The summed E-state index contributed by atoms with van der Waals surface area (Å²) >= 11 is 0. The summed E-state index contributed by atoms with van der Waals surface area (Å²) in [5.41, 5.74) is 0. The molecule has 0 amide bonds. The standard InChI is InChI=1S/C13H20O3/c1-11(14)10-12(2)15-8-9-16-13-6-4-3-5-7-13/h3-7,11-12,14H,8-10H2,1-2H3. The Kier molecular flexibility index (Phi) is 5.90. The summed E-state index contributed by atoms with van der Waals surface area (Å²) in [6.07, 6.45) is 0.412. The fraction of sp³-hybridized carbons (Fsp3) is 0.538. The average molecular weight is 224 g/mol. The Morgan fingerprint density at radius 2 is 1.81 bits per heavy atom. The molecule has 0 saturated heterocycles. The van der Waals surface area contributed by atoms with E-state index in [9.17, 15) is 0 Å². The Morgan fingerprint density at radius 1 is 1.12 bits per heavy atom. The summed E-state index contributed by atoms with van der Waals surface area (Å²) in [5.74, 6) is 0.856. The lowest BCUT2D eigenvalue weighted by Gasteiger charge is -2.14. The van der Waals surface area contributed by atoms with Gasteiger partial charge in [0.2, 0.25) is 0 Å². The number of benzene rings is 1. The van der Waals surface area contributed by atoms with Gasteiger partial charge in [-0.15, -0.1) is 0 Å². The Hall–Kier alpha value is -1.06. The van der Waals surface area contributed by atoms with Crippen molar-refractivity contribution in [3.8, 4) is 5.75 Å². The molecule has 2 unspecified atom stereocenters. The molecule has 1 aromatic rings. The molecule has 0 aliphatic carbocycles. The smallest absolute Gasteiger partial charge is 0.119 e. The second kappa shape index (κ2) is 7.25. The summed E-state index contributed by atoms with van der Waals surface area (Å²) < 4.78 is 11.0. The molecule has 0 aliphatic rings. The number of aliphatic hydroxyl groups excluding tert-OH is 1. The molecule has 90 valence electrons. The molecule has 0 heterocycles. The van der Waals surface area contributed by atoms with Crippen molar-refractivity contribution in [2.75, 3.05) is 13.2 Å². The third-order valence-electron chi connectivity index (χ3n) is 2.17. The Morgan fingerprint density at radius 3 is 2.44 bits per heavy atom. The summed E-state index contributed by atoms with van der Waals surface area (Å²) in [4.78, 5) is 0. The summed E-state index contributed by atoms with van der Waals surface area (Å²) in [6, 6.07) is 9.66. The van der Waals surface area contributed by atoms with Crippen LogP contribution in [0.4, 0.5) is 0 Å². The van der Waals surface area contributed by atoms with E-state index >= 15 is 0 Å². The number of hydrogen-bond acceptors (Lipinski definition) is 3. The molecule has 2 atom stereocenters. The van der Waals surface area contributed by atoms with Crippen molar-refractivity contribution >= 4 is 0 Å². The zero-order valence-electron chi connectivity index (χ0n) is 9.93. The third-order valence-corrected chi connectivity index (χ3v) is 2.17. The zero-order chi connectivity index (χ0) is 11.8. The molecule has 3 heteroatoms. The largest absolute Gasteiger partial charge is 0.491 e. The van der Waals surface area contributed by atoms with Crippen molar-refractivity contribution in [1.82, 2.24) is 0 Å². The van der Waals surface area contributed by atoms with Gasteiger partial charge in [0.15, 0.2) is 0 Å². The fourth-order valence-electron chi connectivity index (χ4n) is 1.47. The lowest BCUT2D eigenvalue weighted by atomic mass is 10.2. The van der Waals surface area contributed by atoms with Crippen LogP contribution in [-0.2, 0) is 4.74 Å². The first-order valence-corrected chi connectivity index (χ1v) is 5.66. The van der Waals surface area contributed by atoms with Gasteiger partial charge in [0.25, 0.3) is 0 Å². The highest BCUT2D eigenvalue weighted by molar-refractivity contribution is 5.20. The van der Waals surface area contributed by atoms with Gasteiger partial charge in [0, 0.05) is 0 Å². The quantitative estimate of drug-likeness (QED) is 0.722. The molecule has 1 N–H and O–H groups in total. The van der Waals surface area contributed by atoms with Crippen molar-refractivity contribution in [1.29, 1.82) is 0 Å². The van der Waals surface area contributed by atoms with Gasteiger partial charge in [0.1, 0.15) is 12.4 Å². The second-order valence-corrected chi connectivity index (χ2v) is 3.93. The van der Waals surface area contributed by atoms with E-state index in [0.717, 1.165) is 5.75 Å². The van der Waals surface area contributed by atoms with Crippen molar-refractivity contribution in [2.45, 2.75) is 32.5 Å². The van der Waals surface area contributed by atoms with Crippen LogP contribution in [0.15, 0.2) is 30.3 Å². The van der Waals surface area contributed by atoms with Gasteiger partial charge in [-0.05, 0) is 32.4 Å². The third kappa shape index (κ3) is 5.73. The van der Waals surface area contributed by atoms with Gasteiger partial charge in [-0.1, -0.05) is 18.2 Å². The first-order valence-electron chi connectivity index (χ1n) is 5.66. The molecule has 0 aromatic heterocycles. The highest BCUT2D eigenvalue weighted by Gasteiger charge is 2.05. The molecule has 3 nitrogen and oxygen atoms in total. The maximum Gasteiger partial charge on any atom is 0.119 e. The molecule has 0 aliphatic heterocycles. The maximum atomic E-state index is 9.15. The normalized spacial score (nSPS) is 14.4. The van der Waals surface area contributed by atoms with E-state index < -0.39 is 0 Å². The lowest BCUT2D eigenvalue weighted by molar-refractivity contribution is 0.0154. The number of para-hydroxylation sites is 1. The first kappa shape index (κ1) is 13.0. The molecule has 0 fully saturated rings. The van der Waals surface area contributed by atoms with Crippen LogP contribution in [0.25, 0.3) is 0 Å². The lowest BCUT2D eigenvalue weighted by Crippen LogP contribution is -2.18. The van der Waals surface area contributed by atoms with Crippen LogP contribution in [0.3, 0.4) is 0 Å². The molecular weight excluding hydrogens is 204 g/mol. The van der Waals surface area contributed by atoms with E-state index in [1.165, 1.54) is 0 Å². The highest BCUT2D eigenvalue weighted by Crippen LogP contribution is 2.08. The predicted molar refractivity (Wildman–Crippen MR) is 63.6 cm³/mol. The second-order valence-electron chi connectivity index (χ2n) is 3.93. The van der Waals surface area contributed by atoms with Gasteiger partial charge in [0.05, 0.1) is 18.8 Å².